The molecule has 1 N–H and O–H groups in total. The van der Waals surface area contributed by atoms with Crippen molar-refractivity contribution in [3.8, 4) is 0 Å². The average Bonchev–Trinajstić information content (AvgIpc) is 2.96. The van der Waals surface area contributed by atoms with Gasteiger partial charge in [0, 0.05) is 13.0 Å². The van der Waals surface area contributed by atoms with Crippen LogP contribution in [0.15, 0.2) is 30.3 Å². The van der Waals surface area contributed by atoms with Crippen molar-refractivity contribution in [3.63, 3.8) is 0 Å². The van der Waals surface area contributed by atoms with E-state index in [0.29, 0.717) is 18.9 Å². The fourth-order valence-corrected chi connectivity index (χ4v) is 2.57. The largest absolute Gasteiger partial charge is 0.352 e. The van der Waals surface area contributed by atoms with E-state index in [4.69, 9.17) is 23.2 Å². The molecule has 0 aliphatic heterocycles. The van der Waals surface area contributed by atoms with E-state index < -0.39 is 4.33 Å². The molecule has 2 nitrogen and oxygen atoms in total. The Balaban J connectivity index is 1.58. The fourth-order valence-electron chi connectivity index (χ4n) is 1.98. The number of rotatable bonds is 6. The molecule has 1 amide bonds. The summed E-state index contributed by atoms with van der Waals surface area (Å²) in [6.07, 6.45) is 3.20. The van der Waals surface area contributed by atoms with Crippen LogP contribution in [0.2, 0.25) is 0 Å². The number of nitrogens with one attached hydrogen (secondary N) is 1. The molecule has 0 heterocycles. The van der Waals surface area contributed by atoms with Gasteiger partial charge in [-0.1, -0.05) is 30.3 Å². The molecule has 1 fully saturated rings. The summed E-state index contributed by atoms with van der Waals surface area (Å²) in [5.41, 5.74) is 1.12. The predicted octanol–water partition coefficient (Wildman–Crippen LogP) is 3.67. The summed E-state index contributed by atoms with van der Waals surface area (Å²) in [5.74, 6) is 0.469. The van der Waals surface area contributed by atoms with Crippen molar-refractivity contribution in [1.82, 2.24) is 5.32 Å². The smallest absolute Gasteiger partial charge is 0.220 e. The van der Waals surface area contributed by atoms with E-state index in [9.17, 15) is 4.79 Å². The van der Waals surface area contributed by atoms with Crippen molar-refractivity contribution in [2.45, 2.75) is 36.6 Å². The highest BCUT2D eigenvalue weighted by Crippen LogP contribution is 2.55. The van der Waals surface area contributed by atoms with Crippen LogP contribution in [0.5, 0.6) is 0 Å². The molecule has 2 rings (SSSR count). The Labute approximate surface area is 118 Å². The van der Waals surface area contributed by atoms with Crippen LogP contribution >= 0.6 is 23.2 Å². The lowest BCUT2D eigenvalue weighted by molar-refractivity contribution is -0.121. The second-order valence-corrected chi connectivity index (χ2v) is 6.36. The van der Waals surface area contributed by atoms with Crippen molar-refractivity contribution in [2.24, 2.45) is 5.92 Å². The molecular formula is C14H17Cl2NO. The number of alkyl halides is 2. The maximum absolute atomic E-state index is 11.6. The SMILES string of the molecule is O=C(CCC[C@@H]1CC1(Cl)Cl)NCc1ccccc1. The molecule has 0 spiro atoms. The highest BCUT2D eigenvalue weighted by molar-refractivity contribution is 6.50. The maximum Gasteiger partial charge on any atom is 0.220 e. The quantitative estimate of drug-likeness (QED) is 0.794. The van der Waals surface area contributed by atoms with Crippen molar-refractivity contribution in [2.75, 3.05) is 0 Å². The van der Waals surface area contributed by atoms with Crippen LogP contribution in [0, 0.1) is 5.92 Å². The highest BCUT2D eigenvalue weighted by atomic mass is 35.5. The molecule has 1 aliphatic rings. The van der Waals surface area contributed by atoms with E-state index in [0.717, 1.165) is 24.8 Å². The fraction of sp³-hybridized carbons (Fsp3) is 0.500. The number of benzene rings is 1. The number of carbonyl (C=O) groups excluding carboxylic acids is 1. The zero-order chi connectivity index (χ0) is 13.0. The molecular weight excluding hydrogens is 269 g/mol. The van der Waals surface area contributed by atoms with Crippen LogP contribution in [0.4, 0.5) is 0 Å². The van der Waals surface area contributed by atoms with Gasteiger partial charge in [-0.25, -0.2) is 0 Å². The molecule has 0 unspecified atom stereocenters. The predicted molar refractivity (Wildman–Crippen MR) is 74.7 cm³/mol. The Morgan fingerprint density at radius 1 is 1.33 bits per heavy atom. The lowest BCUT2D eigenvalue weighted by atomic mass is 10.1. The minimum Gasteiger partial charge on any atom is -0.352 e. The van der Waals surface area contributed by atoms with E-state index in [-0.39, 0.29) is 5.91 Å². The van der Waals surface area contributed by atoms with Gasteiger partial charge in [-0.05, 0) is 30.7 Å². The molecule has 0 bridgehead atoms. The third-order valence-electron chi connectivity index (χ3n) is 3.24. The zero-order valence-corrected chi connectivity index (χ0v) is 11.7. The number of hydrogen-bond acceptors (Lipinski definition) is 1. The summed E-state index contributed by atoms with van der Waals surface area (Å²) in [5, 5.41) is 2.91. The topological polar surface area (TPSA) is 29.1 Å². The minimum atomic E-state index is -0.513. The highest BCUT2D eigenvalue weighted by Gasteiger charge is 2.50. The Morgan fingerprint density at radius 2 is 2.00 bits per heavy atom. The van der Waals surface area contributed by atoms with Crippen molar-refractivity contribution in [1.29, 1.82) is 0 Å². The third-order valence-corrected chi connectivity index (χ3v) is 4.17. The first kappa shape index (κ1) is 13.7. The van der Waals surface area contributed by atoms with Crippen LogP contribution in [0.3, 0.4) is 0 Å². The molecule has 1 aliphatic carbocycles. The molecule has 1 saturated carbocycles. The summed E-state index contributed by atoms with van der Waals surface area (Å²) in [4.78, 5) is 11.6. The average molecular weight is 286 g/mol. The number of hydrogen-bond donors (Lipinski definition) is 1. The van der Waals surface area contributed by atoms with Gasteiger partial charge >= 0.3 is 0 Å². The van der Waals surface area contributed by atoms with Crippen LogP contribution < -0.4 is 5.32 Å². The minimum absolute atomic E-state index is 0.0919. The standard InChI is InChI=1S/C14H17Cl2NO/c15-14(16)9-12(14)7-4-8-13(18)17-10-11-5-2-1-3-6-11/h1-3,5-6,12H,4,7-10H2,(H,17,18)/t12-/m1/s1. The Hall–Kier alpha value is -0.730. The molecule has 1 aromatic rings. The summed E-state index contributed by atoms with van der Waals surface area (Å²) >= 11 is 11.9. The van der Waals surface area contributed by atoms with Gasteiger partial charge in [0.25, 0.3) is 0 Å². The molecule has 18 heavy (non-hydrogen) atoms. The lowest BCUT2D eigenvalue weighted by Gasteiger charge is -2.05. The van der Waals surface area contributed by atoms with Crippen LogP contribution in [0.1, 0.15) is 31.2 Å². The monoisotopic (exact) mass is 285 g/mol. The molecule has 0 radical (unpaired) electrons. The van der Waals surface area contributed by atoms with Crippen LogP contribution in [-0.2, 0) is 11.3 Å². The zero-order valence-electron chi connectivity index (χ0n) is 10.2. The molecule has 0 saturated heterocycles. The van der Waals surface area contributed by atoms with Gasteiger partial charge in [0.05, 0.1) is 0 Å². The number of halogens is 2. The van der Waals surface area contributed by atoms with E-state index in [2.05, 4.69) is 5.32 Å². The van der Waals surface area contributed by atoms with E-state index >= 15 is 0 Å². The Bertz CT molecular complexity index is 406. The van der Waals surface area contributed by atoms with Gasteiger partial charge in [0.15, 0.2) is 0 Å². The summed E-state index contributed by atoms with van der Waals surface area (Å²) in [7, 11) is 0. The molecule has 98 valence electrons. The number of amides is 1. The Kier molecular flexibility index (Phi) is 4.52. The second-order valence-electron chi connectivity index (χ2n) is 4.82. The van der Waals surface area contributed by atoms with Crippen LogP contribution in [-0.4, -0.2) is 10.2 Å². The molecule has 1 aromatic carbocycles. The van der Waals surface area contributed by atoms with Crippen molar-refractivity contribution in [3.05, 3.63) is 35.9 Å². The second kappa shape index (κ2) is 5.94. The first-order valence-electron chi connectivity index (χ1n) is 6.26. The van der Waals surface area contributed by atoms with Gasteiger partial charge in [-0.3, -0.25) is 4.79 Å². The summed E-state index contributed by atoms with van der Waals surface area (Å²) < 4.78 is -0.513. The van der Waals surface area contributed by atoms with Crippen molar-refractivity contribution >= 4 is 29.1 Å². The molecule has 1 atom stereocenters. The van der Waals surface area contributed by atoms with Gasteiger partial charge in [-0.15, -0.1) is 23.2 Å². The lowest BCUT2D eigenvalue weighted by Crippen LogP contribution is -2.22. The van der Waals surface area contributed by atoms with Gasteiger partial charge < -0.3 is 5.32 Å². The first-order chi connectivity index (χ1) is 8.58. The molecule has 0 aromatic heterocycles. The number of carbonyl (C=O) groups is 1. The molecule has 4 heteroatoms. The van der Waals surface area contributed by atoms with Crippen molar-refractivity contribution < 1.29 is 4.79 Å². The summed E-state index contributed by atoms with van der Waals surface area (Å²) in [6, 6.07) is 9.90. The van der Waals surface area contributed by atoms with E-state index in [1.165, 1.54) is 0 Å². The third kappa shape index (κ3) is 4.18. The normalized spacial score (nSPS) is 20.4. The van der Waals surface area contributed by atoms with Gasteiger partial charge in [-0.2, -0.15) is 0 Å². The summed E-state index contributed by atoms with van der Waals surface area (Å²) in [6.45, 7) is 0.595. The van der Waals surface area contributed by atoms with Gasteiger partial charge in [0.1, 0.15) is 4.33 Å². The van der Waals surface area contributed by atoms with Crippen LogP contribution in [0.25, 0.3) is 0 Å². The van der Waals surface area contributed by atoms with E-state index in [1.807, 2.05) is 30.3 Å². The first-order valence-corrected chi connectivity index (χ1v) is 7.02. The maximum atomic E-state index is 11.6. The van der Waals surface area contributed by atoms with Gasteiger partial charge in [0.2, 0.25) is 5.91 Å². The van der Waals surface area contributed by atoms with E-state index in [1.54, 1.807) is 0 Å². The Morgan fingerprint density at radius 3 is 2.61 bits per heavy atom.